The van der Waals surface area contributed by atoms with E-state index in [-0.39, 0.29) is 22.0 Å². The summed E-state index contributed by atoms with van der Waals surface area (Å²) >= 11 is 0. The number of amides is 1. The van der Waals surface area contributed by atoms with Crippen LogP contribution in [0.3, 0.4) is 0 Å². The molecule has 0 fully saturated rings. The van der Waals surface area contributed by atoms with Gasteiger partial charge in [0.25, 0.3) is 5.91 Å². The zero-order valence-corrected chi connectivity index (χ0v) is 20.6. The van der Waals surface area contributed by atoms with Crippen LogP contribution in [0.25, 0.3) is 0 Å². The smallest absolute Gasteiger partial charge is 0.331 e. The van der Waals surface area contributed by atoms with Gasteiger partial charge in [0.15, 0.2) is 5.03 Å². The Morgan fingerprint density at radius 1 is 1.03 bits per heavy atom. The van der Waals surface area contributed by atoms with Gasteiger partial charge in [-0.1, -0.05) is 30.3 Å². The third-order valence-electron chi connectivity index (χ3n) is 6.25. The molecule has 5 rings (SSSR count). The first-order chi connectivity index (χ1) is 16.8. The lowest BCUT2D eigenvalue weighted by atomic mass is 10.1. The van der Waals surface area contributed by atoms with Crippen molar-refractivity contribution in [2.24, 2.45) is 4.99 Å². The van der Waals surface area contributed by atoms with Crippen LogP contribution in [0, 0.1) is 0 Å². The van der Waals surface area contributed by atoms with E-state index in [0.29, 0.717) is 23.8 Å². The van der Waals surface area contributed by atoms with Crippen LogP contribution in [0.4, 0.5) is 18.9 Å². The molecule has 1 amide bonds. The first-order valence-electron chi connectivity index (χ1n) is 11.1. The highest BCUT2D eigenvalue weighted by molar-refractivity contribution is 7.91. The van der Waals surface area contributed by atoms with Crippen molar-refractivity contribution in [3.63, 3.8) is 0 Å². The van der Waals surface area contributed by atoms with E-state index in [1.54, 1.807) is 31.4 Å². The molecule has 2 aromatic carbocycles. The lowest BCUT2D eigenvalue weighted by Gasteiger charge is -2.32. The van der Waals surface area contributed by atoms with Crippen LogP contribution in [0.1, 0.15) is 35.3 Å². The van der Waals surface area contributed by atoms with E-state index >= 15 is 0 Å². The van der Waals surface area contributed by atoms with E-state index in [1.165, 1.54) is 33.7 Å². The zero-order valence-electron chi connectivity index (χ0n) is 19.7. The maximum atomic E-state index is 13.8. The highest BCUT2D eigenvalue weighted by atomic mass is 32.2. The van der Waals surface area contributed by atoms with Crippen molar-refractivity contribution in [2.45, 2.75) is 42.0 Å². The number of fused-ring (bicyclic) bond motifs is 3. The number of aromatic nitrogens is 1. The van der Waals surface area contributed by atoms with Crippen LogP contribution >= 0.6 is 0 Å². The van der Waals surface area contributed by atoms with Gasteiger partial charge in [-0.05, 0) is 43.7 Å². The predicted molar refractivity (Wildman–Crippen MR) is 128 cm³/mol. The minimum Gasteiger partial charge on any atom is -0.331 e. The number of alkyl halides is 3. The standard InChI is InChI=1S/C25H23F3N4O3S/c1-24(2)15-32-19-14-31(13-16-9-11-17(12-10-16)25(26,27)28)22(20(19)21(33)30(3)23(32)29-24)36(34,35)18-7-5-4-6-8-18/h4-12,14H,13,15H2,1-3H3. The number of carbonyl (C=O) groups is 1. The lowest BCUT2D eigenvalue weighted by Crippen LogP contribution is -2.48. The number of sulfone groups is 1. The maximum absolute atomic E-state index is 13.8. The van der Waals surface area contributed by atoms with Gasteiger partial charge in [0.05, 0.1) is 28.2 Å². The molecular formula is C25H23F3N4O3S. The molecule has 0 saturated heterocycles. The third kappa shape index (κ3) is 3.87. The first kappa shape index (κ1) is 24.1. The molecule has 0 aliphatic carbocycles. The molecule has 0 N–H and O–H groups in total. The van der Waals surface area contributed by atoms with Gasteiger partial charge in [0.1, 0.15) is 5.56 Å². The maximum Gasteiger partial charge on any atom is 0.416 e. The van der Waals surface area contributed by atoms with Crippen LogP contribution in [0.5, 0.6) is 0 Å². The van der Waals surface area contributed by atoms with Crippen LogP contribution < -0.4 is 4.90 Å². The second kappa shape index (κ2) is 7.95. The Bertz CT molecular complexity index is 1490. The van der Waals surface area contributed by atoms with Crippen LogP contribution in [0.15, 0.2) is 75.7 Å². The molecule has 188 valence electrons. The molecule has 0 spiro atoms. The molecule has 3 heterocycles. The summed E-state index contributed by atoms with van der Waals surface area (Å²) in [6.07, 6.45) is -2.91. The summed E-state index contributed by atoms with van der Waals surface area (Å²) in [5.41, 5.74) is -0.420. The quantitative estimate of drug-likeness (QED) is 0.514. The Morgan fingerprint density at radius 2 is 1.67 bits per heavy atom. The molecule has 2 aliphatic heterocycles. The molecule has 7 nitrogen and oxygen atoms in total. The van der Waals surface area contributed by atoms with Crippen molar-refractivity contribution in [1.29, 1.82) is 0 Å². The van der Waals surface area contributed by atoms with E-state index in [4.69, 9.17) is 0 Å². The average Bonchev–Trinajstić information content (AvgIpc) is 3.35. The minimum atomic E-state index is -4.48. The van der Waals surface area contributed by atoms with Crippen molar-refractivity contribution in [3.8, 4) is 0 Å². The molecular weight excluding hydrogens is 493 g/mol. The summed E-state index contributed by atoms with van der Waals surface area (Å²) in [4.78, 5) is 21.3. The fraction of sp³-hybridized carbons (Fsp3) is 0.280. The van der Waals surface area contributed by atoms with Gasteiger partial charge in [-0.2, -0.15) is 13.2 Å². The Balaban J connectivity index is 1.69. The van der Waals surface area contributed by atoms with Crippen molar-refractivity contribution in [3.05, 3.63) is 77.5 Å². The van der Waals surface area contributed by atoms with Crippen molar-refractivity contribution >= 4 is 27.4 Å². The number of guanidine groups is 1. The largest absolute Gasteiger partial charge is 0.416 e. The molecule has 0 radical (unpaired) electrons. The second-order valence-electron chi connectivity index (χ2n) is 9.51. The third-order valence-corrected chi connectivity index (χ3v) is 8.09. The van der Waals surface area contributed by atoms with Crippen LogP contribution in [-0.2, 0) is 22.6 Å². The number of rotatable bonds is 4. The second-order valence-corrected chi connectivity index (χ2v) is 11.4. The number of aliphatic imine (C=N–C) groups is 1. The fourth-order valence-electron chi connectivity index (χ4n) is 4.57. The van der Waals surface area contributed by atoms with Gasteiger partial charge in [-0.15, -0.1) is 0 Å². The molecule has 0 saturated carbocycles. The molecule has 0 bridgehead atoms. The molecule has 0 unspecified atom stereocenters. The lowest BCUT2D eigenvalue weighted by molar-refractivity contribution is -0.137. The molecule has 1 aromatic heterocycles. The zero-order chi connectivity index (χ0) is 26.0. The van der Waals surface area contributed by atoms with E-state index in [1.807, 2.05) is 18.7 Å². The van der Waals surface area contributed by atoms with Gasteiger partial charge in [0.2, 0.25) is 15.8 Å². The molecule has 2 aliphatic rings. The summed E-state index contributed by atoms with van der Waals surface area (Å²) in [7, 11) is -2.62. The monoisotopic (exact) mass is 516 g/mol. The average molecular weight is 517 g/mol. The molecule has 0 atom stereocenters. The van der Waals surface area contributed by atoms with Gasteiger partial charge >= 0.3 is 6.18 Å². The molecule has 36 heavy (non-hydrogen) atoms. The van der Waals surface area contributed by atoms with Gasteiger partial charge in [0, 0.05) is 19.8 Å². The number of benzene rings is 2. The number of hydrogen-bond donors (Lipinski definition) is 0. The Kier molecular flexibility index (Phi) is 5.33. The topological polar surface area (TPSA) is 75.0 Å². The van der Waals surface area contributed by atoms with E-state index in [0.717, 1.165) is 12.1 Å². The number of hydrogen-bond acceptors (Lipinski definition) is 5. The minimum absolute atomic E-state index is 0.0104. The highest BCUT2D eigenvalue weighted by Crippen LogP contribution is 2.41. The van der Waals surface area contributed by atoms with Gasteiger partial charge in [-0.25, -0.2) is 13.4 Å². The van der Waals surface area contributed by atoms with Crippen molar-refractivity contribution in [1.82, 2.24) is 9.47 Å². The molecule has 3 aromatic rings. The summed E-state index contributed by atoms with van der Waals surface area (Å²) in [5, 5.41) is -0.204. The number of anilines is 1. The summed E-state index contributed by atoms with van der Waals surface area (Å²) in [5.74, 6) is -0.0915. The van der Waals surface area contributed by atoms with E-state index in [2.05, 4.69) is 4.99 Å². The first-order valence-corrected chi connectivity index (χ1v) is 12.6. The Morgan fingerprint density at radius 3 is 2.28 bits per heavy atom. The summed E-state index contributed by atoms with van der Waals surface area (Å²) in [6, 6.07) is 12.3. The number of halogens is 3. The van der Waals surface area contributed by atoms with Crippen molar-refractivity contribution in [2.75, 3.05) is 18.5 Å². The summed E-state index contributed by atoms with van der Waals surface area (Å²) in [6.45, 7) is 4.21. The summed E-state index contributed by atoms with van der Waals surface area (Å²) < 4.78 is 68.2. The normalized spacial score (nSPS) is 17.2. The number of nitrogens with zero attached hydrogens (tertiary/aromatic N) is 4. The highest BCUT2D eigenvalue weighted by Gasteiger charge is 2.46. The number of carbonyl (C=O) groups excluding carboxylic acids is 1. The van der Waals surface area contributed by atoms with E-state index in [9.17, 15) is 26.4 Å². The predicted octanol–water partition coefficient (Wildman–Crippen LogP) is 4.43. The Labute approximate surface area is 206 Å². The SMILES string of the molecule is CN1C(=O)c2c(cn(Cc3ccc(C(F)(F)F)cc3)c2S(=O)(=O)c2ccccc2)N2CC(C)(C)N=C12. The van der Waals surface area contributed by atoms with Gasteiger partial charge < -0.3 is 9.47 Å². The van der Waals surface area contributed by atoms with Crippen molar-refractivity contribution < 1.29 is 26.4 Å². The fourth-order valence-corrected chi connectivity index (χ4v) is 6.20. The van der Waals surface area contributed by atoms with Crippen LogP contribution in [-0.4, -0.2) is 48.9 Å². The Hall–Kier alpha value is -3.60. The van der Waals surface area contributed by atoms with E-state index < -0.39 is 33.0 Å². The van der Waals surface area contributed by atoms with Gasteiger partial charge in [-0.3, -0.25) is 9.69 Å². The van der Waals surface area contributed by atoms with Crippen LogP contribution in [0.2, 0.25) is 0 Å². The molecule has 11 heteroatoms.